The van der Waals surface area contributed by atoms with Crippen molar-refractivity contribution in [2.24, 2.45) is 40.9 Å². The first-order valence-electron chi connectivity index (χ1n) is 32.0. The maximum atomic E-state index is 12.6. The van der Waals surface area contributed by atoms with E-state index in [4.69, 9.17) is 0 Å². The number of carboxylic acids is 4. The summed E-state index contributed by atoms with van der Waals surface area (Å²) in [5.41, 5.74) is -8.53. The van der Waals surface area contributed by atoms with E-state index in [9.17, 15) is 163 Å². The molecule has 0 saturated carbocycles. The van der Waals surface area contributed by atoms with E-state index in [0.717, 1.165) is 213 Å². The second kappa shape index (κ2) is 40.9. The van der Waals surface area contributed by atoms with Gasteiger partial charge in [-0.05, 0) is 194 Å². The summed E-state index contributed by atoms with van der Waals surface area (Å²) in [6.07, 6.45) is 0. The first-order valence-corrected chi connectivity index (χ1v) is 43.3. The van der Waals surface area contributed by atoms with Gasteiger partial charge in [0.05, 0.1) is 84.7 Å². The molecule has 0 saturated heterocycles. The number of nitrogens with zero attached hydrogens (tertiary/aromatic N) is 12. The molecular formula is C64H40N16O36S8Ti3. The number of hydrogen-bond acceptors (Lipinski definition) is 40. The number of aromatic carboxylic acids is 4. The van der Waals surface area contributed by atoms with Gasteiger partial charge in [0, 0.05) is 21.7 Å². The van der Waals surface area contributed by atoms with Crippen LogP contribution in [0.4, 0.5) is 45.5 Å². The SMILES string of the molecule is O=C(O)c1[nH]n(-c2ccc(S(=O)(=O)[O-])cc2)c(=O)c1N=Nc1ccc(S(=O)(=O)[O-])cc1.O=C(O)c1[nH]n(-c2ccc(S(=O)(=O)[O-])cc2)c(=O)c1N=Nc1ccc(S(=O)(=O)[O-])cc1.O=C(O)c1[nH]n(-c2ccc(S(=O)(=O)[O-])cc2)c(=O)c1N=Nc1ccc(S(=O)(=O)[O-])cc1.O=C(O)c1[nH]n(-c2ccc(S(=O)(=O)[O-])cc2)c(=O)c1N=Nc1ccc(S(=O)(=O)[O-])cc1.[Ti+4].[Ti+4].[Ti]. The largest absolute Gasteiger partial charge is 4.00 e. The topological polar surface area (TPSA) is 857 Å². The van der Waals surface area contributed by atoms with Crippen LogP contribution in [0.1, 0.15) is 42.0 Å². The summed E-state index contributed by atoms with van der Waals surface area (Å²) in [5.74, 6) is -6.18. The third-order valence-corrected chi connectivity index (χ3v) is 22.2. The Bertz CT molecular complexity index is 6730. The van der Waals surface area contributed by atoms with Crippen molar-refractivity contribution >= 4 is 150 Å². The Hall–Kier alpha value is -12.5. The third-order valence-electron chi connectivity index (χ3n) is 15.4. The zero-order valence-electron chi connectivity index (χ0n) is 61.5. The smallest absolute Gasteiger partial charge is 0.744 e. The van der Waals surface area contributed by atoms with Crippen LogP contribution in [0.25, 0.3) is 22.7 Å². The van der Waals surface area contributed by atoms with Crippen LogP contribution >= 0.6 is 0 Å². The normalized spacial score (nSPS) is 12.0. The van der Waals surface area contributed by atoms with Gasteiger partial charge >= 0.3 is 67.3 Å². The van der Waals surface area contributed by atoms with E-state index in [1.807, 2.05) is 0 Å². The van der Waals surface area contributed by atoms with Crippen molar-refractivity contribution in [2.45, 2.75) is 39.2 Å². The number of carbonyl (C=O) groups is 4. The monoisotopic (exact) mass is 2010 g/mol. The maximum absolute atomic E-state index is 12.6. The summed E-state index contributed by atoms with van der Waals surface area (Å²) in [6.45, 7) is 0. The van der Waals surface area contributed by atoms with E-state index in [2.05, 4.69) is 61.3 Å². The zero-order valence-corrected chi connectivity index (χ0v) is 72.7. The van der Waals surface area contributed by atoms with Crippen molar-refractivity contribution in [3.8, 4) is 22.7 Å². The predicted octanol–water partition coefficient (Wildman–Crippen LogP) is 4.34. The van der Waals surface area contributed by atoms with Crippen molar-refractivity contribution in [1.82, 2.24) is 39.1 Å². The fourth-order valence-corrected chi connectivity index (χ4v) is 13.4. The van der Waals surface area contributed by atoms with Gasteiger partial charge in [-0.15, -0.1) is 20.5 Å². The van der Waals surface area contributed by atoms with Gasteiger partial charge < -0.3 is 56.8 Å². The molecule has 52 nitrogen and oxygen atoms in total. The fourth-order valence-electron chi connectivity index (χ4n) is 9.60. The summed E-state index contributed by atoms with van der Waals surface area (Å²) in [4.78, 5) is 92.0. The molecule has 12 rings (SSSR count). The van der Waals surface area contributed by atoms with Gasteiger partial charge in [0.1, 0.15) is 80.9 Å². The molecule has 63 heteroatoms. The number of rotatable bonds is 24. The van der Waals surface area contributed by atoms with Crippen molar-refractivity contribution in [2.75, 3.05) is 0 Å². The Morgan fingerprint density at radius 1 is 0.228 bits per heavy atom. The van der Waals surface area contributed by atoms with Crippen molar-refractivity contribution in [1.29, 1.82) is 0 Å². The molecule has 0 aliphatic rings. The van der Waals surface area contributed by atoms with Crippen LogP contribution in [0.2, 0.25) is 0 Å². The van der Waals surface area contributed by atoms with E-state index >= 15 is 0 Å². The number of nitrogens with one attached hydrogen (secondary N) is 4. The van der Waals surface area contributed by atoms with Gasteiger partial charge in [-0.3, -0.25) is 39.6 Å². The van der Waals surface area contributed by atoms with Crippen LogP contribution in [0.15, 0.2) is 293 Å². The van der Waals surface area contributed by atoms with Gasteiger partial charge in [0.2, 0.25) is 0 Å². The molecule has 0 bridgehead atoms. The number of hydrogen-bond donors (Lipinski definition) is 8. The van der Waals surface area contributed by atoms with Gasteiger partial charge in [-0.2, -0.15) is 20.5 Å². The van der Waals surface area contributed by atoms with Crippen molar-refractivity contribution in [3.05, 3.63) is 258 Å². The van der Waals surface area contributed by atoms with E-state index in [0.29, 0.717) is 0 Å². The quantitative estimate of drug-likeness (QED) is 0.0237. The van der Waals surface area contributed by atoms with Gasteiger partial charge in [0.15, 0.2) is 45.5 Å². The summed E-state index contributed by atoms with van der Waals surface area (Å²) < 4.78 is 266. The minimum absolute atomic E-state index is 0. The minimum atomic E-state index is -4.71. The van der Waals surface area contributed by atoms with Crippen LogP contribution in [0, 0.1) is 0 Å². The first kappa shape index (κ1) is 103. The molecule has 0 aliphatic carbocycles. The Kier molecular flexibility index (Phi) is 33.2. The molecule has 0 spiro atoms. The van der Waals surface area contributed by atoms with E-state index in [-0.39, 0.29) is 111 Å². The van der Waals surface area contributed by atoms with Gasteiger partial charge in [0.25, 0.3) is 22.2 Å². The Morgan fingerprint density at radius 3 is 0.457 bits per heavy atom. The van der Waals surface area contributed by atoms with Crippen LogP contribution in [0.3, 0.4) is 0 Å². The molecule has 127 heavy (non-hydrogen) atoms. The summed E-state index contributed by atoms with van der Waals surface area (Å²) >= 11 is 0. The molecule has 0 unspecified atom stereocenters. The average molecular weight is 2010 g/mol. The summed E-state index contributed by atoms with van der Waals surface area (Å²) in [7, 11) is -37.5. The standard InChI is InChI=1S/4C16H12N4O9S2.3Ti/c4*21-15-13(18-17-9-1-5-11(6-2-9)30(24,25)26)14(16(22)23)19-20(15)10-3-7-12(8-4-10)31(27,28)29;;;/h4*1-8,19H,(H,22,23)(H,24,25,26)(H,27,28,29);;;/q;;;;;2*+4/p-8. The van der Waals surface area contributed by atoms with Crippen LogP contribution in [-0.4, -0.2) is 187 Å². The number of H-pyrrole nitrogens is 4. The van der Waals surface area contributed by atoms with Crippen molar-refractivity contribution in [3.63, 3.8) is 0 Å². The van der Waals surface area contributed by atoms with Crippen molar-refractivity contribution < 1.29 is 209 Å². The third kappa shape index (κ3) is 26.3. The fraction of sp³-hybridized carbons (Fsp3) is 0. The molecule has 12 aromatic rings. The molecule has 0 radical (unpaired) electrons. The van der Waals surface area contributed by atoms with Crippen LogP contribution in [0.5, 0.6) is 0 Å². The molecule has 0 aliphatic heterocycles. The minimum Gasteiger partial charge on any atom is -0.744 e. The number of azo groups is 4. The molecule has 0 atom stereocenters. The Balaban J connectivity index is 0.000000259. The molecular weight excluding hydrogens is 1970 g/mol. The molecule has 4 heterocycles. The predicted molar refractivity (Wildman–Crippen MR) is 400 cm³/mol. The maximum Gasteiger partial charge on any atom is 4.00 e. The van der Waals surface area contributed by atoms with Gasteiger partial charge in [-0.1, -0.05) is 0 Å². The molecule has 0 amide bonds. The number of carboxylic acid groups (broad SMARTS) is 4. The molecule has 8 aromatic carbocycles. The second-order valence-corrected chi connectivity index (χ2v) is 34.5. The Labute approximate surface area is 752 Å². The van der Waals surface area contributed by atoms with E-state index < -0.39 is 212 Å². The summed E-state index contributed by atoms with van der Waals surface area (Å²) in [5, 5.41) is 75.5. The second-order valence-electron chi connectivity index (χ2n) is 23.5. The van der Waals surface area contributed by atoms with Crippen LogP contribution in [-0.2, 0) is 146 Å². The Morgan fingerprint density at radius 2 is 0.346 bits per heavy atom. The van der Waals surface area contributed by atoms with E-state index in [1.165, 1.54) is 0 Å². The number of benzene rings is 8. The van der Waals surface area contributed by atoms with E-state index in [1.54, 1.807) is 0 Å². The van der Waals surface area contributed by atoms with Gasteiger partial charge in [-0.25, -0.2) is 105 Å². The molecule has 4 aromatic heterocycles. The number of aromatic nitrogens is 8. The zero-order chi connectivity index (χ0) is 91.9. The summed E-state index contributed by atoms with van der Waals surface area (Å²) in [6, 6.07) is 33.2. The van der Waals surface area contributed by atoms with Crippen LogP contribution < -0.4 is 22.2 Å². The molecule has 652 valence electrons. The number of aromatic amines is 4. The average Bonchev–Trinajstić information content (AvgIpc) is 1.66. The molecule has 0 fully saturated rings. The molecule has 8 N–H and O–H groups in total. The first-order chi connectivity index (χ1) is 57.5.